The van der Waals surface area contributed by atoms with Gasteiger partial charge in [-0.05, 0) is 48.6 Å². The highest BCUT2D eigenvalue weighted by molar-refractivity contribution is 5.94. The monoisotopic (exact) mass is 556 g/mol. The molecule has 0 aliphatic carbocycles. The van der Waals surface area contributed by atoms with Crippen molar-refractivity contribution in [3.63, 3.8) is 0 Å². The van der Waals surface area contributed by atoms with Crippen molar-refractivity contribution in [1.82, 2.24) is 24.3 Å². The Bertz CT molecular complexity index is 1310. The molecule has 0 radical (unpaired) electrons. The van der Waals surface area contributed by atoms with Gasteiger partial charge in [0.15, 0.2) is 0 Å². The van der Waals surface area contributed by atoms with Gasteiger partial charge in [0.1, 0.15) is 5.82 Å². The molecule has 5 rings (SSSR count). The topological polar surface area (TPSA) is 74.6 Å². The summed E-state index contributed by atoms with van der Waals surface area (Å²) in [6, 6.07) is 12.9. The standard InChI is InChI=1S/C33H44N6O2/c1-4-31(40)38-20-14-28-9-7-10-29(39(28)22-26-12-16-34-17-13-26)24-37(23-27-8-5-6-11-30(27)38)32(41)15-19-36-21-18-35-33(36)25(2)3/h5-6,8,11-13,16-18,21,25,28-29H,4,7,9-10,14-15,19-20,22-24H2,1-3H3. The second kappa shape index (κ2) is 13.4. The Hall–Kier alpha value is -3.52. The first-order valence-electron chi connectivity index (χ1n) is 15.3. The summed E-state index contributed by atoms with van der Waals surface area (Å²) < 4.78 is 2.11. The van der Waals surface area contributed by atoms with Crippen LogP contribution in [0.1, 0.15) is 82.2 Å². The fourth-order valence-corrected chi connectivity index (χ4v) is 6.54. The molecule has 3 aromatic rings. The van der Waals surface area contributed by atoms with E-state index in [2.05, 4.69) is 56.4 Å². The third kappa shape index (κ3) is 6.87. The van der Waals surface area contributed by atoms with Crippen molar-refractivity contribution in [3.8, 4) is 0 Å². The zero-order valence-electron chi connectivity index (χ0n) is 24.8. The molecule has 8 heteroatoms. The molecular formula is C33H44N6O2. The van der Waals surface area contributed by atoms with Crippen LogP contribution in [0, 0.1) is 0 Å². The van der Waals surface area contributed by atoms with E-state index in [1.165, 1.54) is 5.56 Å². The molecule has 2 aliphatic heterocycles. The van der Waals surface area contributed by atoms with Crippen LogP contribution in [-0.4, -0.2) is 61.3 Å². The number of aryl methyl sites for hydroxylation is 1. The van der Waals surface area contributed by atoms with Crippen LogP contribution in [0.4, 0.5) is 5.69 Å². The number of aromatic nitrogens is 3. The first-order chi connectivity index (χ1) is 19.9. The number of imidazole rings is 1. The third-order valence-electron chi connectivity index (χ3n) is 8.67. The van der Waals surface area contributed by atoms with Gasteiger partial charge in [0, 0.05) is 94.0 Å². The maximum atomic E-state index is 14.0. The van der Waals surface area contributed by atoms with Gasteiger partial charge >= 0.3 is 0 Å². The van der Waals surface area contributed by atoms with Gasteiger partial charge in [-0.3, -0.25) is 19.5 Å². The quantitative estimate of drug-likeness (QED) is 0.390. The first kappa shape index (κ1) is 29.0. The van der Waals surface area contributed by atoms with Crippen LogP contribution in [-0.2, 0) is 29.2 Å². The predicted molar refractivity (Wildman–Crippen MR) is 161 cm³/mol. The molecule has 1 aromatic carbocycles. The van der Waals surface area contributed by atoms with Crippen molar-refractivity contribution >= 4 is 17.5 Å². The summed E-state index contributed by atoms with van der Waals surface area (Å²) >= 11 is 0. The van der Waals surface area contributed by atoms with Gasteiger partial charge in [-0.15, -0.1) is 0 Å². The normalized spacial score (nSPS) is 20.0. The second-order valence-electron chi connectivity index (χ2n) is 11.7. The SMILES string of the molecule is CCC(=O)N1CCC2CCCC(CN(C(=O)CCn3ccnc3C(C)C)Cc3ccccc31)N2Cc1ccncc1. The molecule has 0 saturated carbocycles. The van der Waals surface area contributed by atoms with Crippen molar-refractivity contribution in [2.24, 2.45) is 0 Å². The zero-order valence-corrected chi connectivity index (χ0v) is 24.8. The van der Waals surface area contributed by atoms with E-state index in [-0.39, 0.29) is 17.9 Å². The Kier molecular flexibility index (Phi) is 9.49. The number of hydrogen-bond donors (Lipinski definition) is 0. The summed E-state index contributed by atoms with van der Waals surface area (Å²) in [6.07, 6.45) is 12.6. The lowest BCUT2D eigenvalue weighted by atomic mass is 9.92. The Morgan fingerprint density at radius 3 is 2.54 bits per heavy atom. The Morgan fingerprint density at radius 2 is 1.76 bits per heavy atom. The minimum atomic E-state index is 0.129. The Labute approximate surface area is 244 Å². The molecule has 0 spiro atoms. The molecule has 8 nitrogen and oxygen atoms in total. The van der Waals surface area contributed by atoms with E-state index >= 15 is 0 Å². The number of carbonyl (C=O) groups is 2. The van der Waals surface area contributed by atoms with Crippen LogP contribution in [0.5, 0.6) is 0 Å². The number of anilines is 1. The Balaban J connectivity index is 1.48. The van der Waals surface area contributed by atoms with Gasteiger partial charge in [-0.25, -0.2) is 4.98 Å². The molecule has 2 bridgehead atoms. The van der Waals surface area contributed by atoms with Crippen molar-refractivity contribution in [3.05, 3.63) is 78.1 Å². The lowest BCUT2D eigenvalue weighted by molar-refractivity contribution is -0.133. The third-order valence-corrected chi connectivity index (χ3v) is 8.67. The summed E-state index contributed by atoms with van der Waals surface area (Å²) in [6.45, 7) is 9.48. The van der Waals surface area contributed by atoms with Gasteiger partial charge in [-0.2, -0.15) is 0 Å². The van der Waals surface area contributed by atoms with Crippen LogP contribution in [0.15, 0.2) is 61.2 Å². The minimum Gasteiger partial charge on any atom is -0.337 e. The van der Waals surface area contributed by atoms with Crippen LogP contribution < -0.4 is 4.90 Å². The smallest absolute Gasteiger partial charge is 0.226 e. The van der Waals surface area contributed by atoms with Gasteiger partial charge in [0.2, 0.25) is 11.8 Å². The van der Waals surface area contributed by atoms with Crippen molar-refractivity contribution in [2.45, 2.75) is 96.9 Å². The van der Waals surface area contributed by atoms with E-state index in [0.29, 0.717) is 51.0 Å². The molecule has 2 aromatic heterocycles. The van der Waals surface area contributed by atoms with Crippen molar-refractivity contribution < 1.29 is 9.59 Å². The minimum absolute atomic E-state index is 0.129. The molecule has 0 N–H and O–H groups in total. The number of hydrogen-bond acceptors (Lipinski definition) is 5. The van der Waals surface area contributed by atoms with Crippen LogP contribution >= 0.6 is 0 Å². The van der Waals surface area contributed by atoms with E-state index < -0.39 is 0 Å². The average Bonchev–Trinajstić information content (AvgIpc) is 3.46. The van der Waals surface area contributed by atoms with E-state index in [1.807, 2.05) is 54.8 Å². The van der Waals surface area contributed by atoms with Crippen molar-refractivity contribution in [1.29, 1.82) is 0 Å². The molecule has 1 fully saturated rings. The number of benzene rings is 1. The predicted octanol–water partition coefficient (Wildman–Crippen LogP) is 5.39. The maximum Gasteiger partial charge on any atom is 0.226 e. The van der Waals surface area contributed by atoms with E-state index in [9.17, 15) is 9.59 Å². The summed E-state index contributed by atoms with van der Waals surface area (Å²) in [5.74, 6) is 1.58. The summed E-state index contributed by atoms with van der Waals surface area (Å²) in [5, 5.41) is 0. The number of para-hydroxylation sites is 1. The molecule has 2 atom stereocenters. The fraction of sp³-hybridized carbons (Fsp3) is 0.515. The molecule has 2 aliphatic rings. The van der Waals surface area contributed by atoms with Crippen LogP contribution in [0.2, 0.25) is 0 Å². The molecule has 4 heterocycles. The van der Waals surface area contributed by atoms with Crippen LogP contribution in [0.25, 0.3) is 0 Å². The van der Waals surface area contributed by atoms with E-state index in [4.69, 9.17) is 0 Å². The lowest BCUT2D eigenvalue weighted by Crippen LogP contribution is -2.52. The van der Waals surface area contributed by atoms with Crippen molar-refractivity contribution in [2.75, 3.05) is 18.0 Å². The molecule has 218 valence electrons. The van der Waals surface area contributed by atoms with Gasteiger partial charge < -0.3 is 14.4 Å². The largest absolute Gasteiger partial charge is 0.337 e. The number of rotatable bonds is 7. The fourth-order valence-electron chi connectivity index (χ4n) is 6.54. The van der Waals surface area contributed by atoms with Gasteiger partial charge in [0.25, 0.3) is 0 Å². The van der Waals surface area contributed by atoms with Gasteiger partial charge in [0.05, 0.1) is 0 Å². The Morgan fingerprint density at radius 1 is 0.976 bits per heavy atom. The number of pyridine rings is 1. The first-order valence-corrected chi connectivity index (χ1v) is 15.3. The number of amides is 2. The average molecular weight is 557 g/mol. The highest BCUT2D eigenvalue weighted by Crippen LogP contribution is 2.32. The summed E-state index contributed by atoms with van der Waals surface area (Å²) in [4.78, 5) is 42.7. The highest BCUT2D eigenvalue weighted by Gasteiger charge is 2.34. The highest BCUT2D eigenvalue weighted by atomic mass is 16.2. The number of nitrogens with zero attached hydrogens (tertiary/aromatic N) is 6. The second-order valence-corrected chi connectivity index (χ2v) is 11.7. The molecule has 1 saturated heterocycles. The number of fused-ring (bicyclic) bond motifs is 3. The molecule has 41 heavy (non-hydrogen) atoms. The molecular weight excluding hydrogens is 512 g/mol. The summed E-state index contributed by atoms with van der Waals surface area (Å²) in [7, 11) is 0. The van der Waals surface area contributed by atoms with Crippen LogP contribution in [0.3, 0.4) is 0 Å². The summed E-state index contributed by atoms with van der Waals surface area (Å²) in [5.41, 5.74) is 3.20. The van der Waals surface area contributed by atoms with E-state index in [0.717, 1.165) is 49.3 Å². The van der Waals surface area contributed by atoms with E-state index in [1.54, 1.807) is 0 Å². The molecule has 2 amide bonds. The number of piperidine rings is 1. The maximum absolute atomic E-state index is 14.0. The zero-order chi connectivity index (χ0) is 28.8. The van der Waals surface area contributed by atoms with Gasteiger partial charge in [-0.1, -0.05) is 45.4 Å². The molecule has 2 unspecified atom stereocenters. The number of carbonyl (C=O) groups excluding carboxylic acids is 2. The lowest BCUT2D eigenvalue weighted by Gasteiger charge is -2.44.